The van der Waals surface area contributed by atoms with Crippen LogP contribution in [0.5, 0.6) is 0 Å². The second kappa shape index (κ2) is 46.3. The topological polar surface area (TPSA) is 78.9 Å². The van der Waals surface area contributed by atoms with Gasteiger partial charge in [-0.2, -0.15) is 0 Å². The third kappa shape index (κ3) is 44.6. The lowest BCUT2D eigenvalue weighted by atomic mass is 10.0. The van der Waals surface area contributed by atoms with E-state index in [4.69, 9.17) is 14.2 Å². The Morgan fingerprint density at radius 3 is 1.05 bits per heavy atom. The molecule has 0 aromatic carbocycles. The molecule has 0 bridgehead atoms. The number of carbonyl (C=O) groups is 3. The zero-order valence-corrected chi connectivity index (χ0v) is 37.9. The average molecular weight is 801 g/mol. The third-order valence-electron chi connectivity index (χ3n) is 10.7. The van der Waals surface area contributed by atoms with Crippen LogP contribution in [-0.4, -0.2) is 37.2 Å². The van der Waals surface area contributed by atoms with Gasteiger partial charge in [-0.25, -0.2) is 0 Å². The van der Waals surface area contributed by atoms with E-state index >= 15 is 0 Å². The van der Waals surface area contributed by atoms with Crippen LogP contribution in [0.25, 0.3) is 0 Å². The van der Waals surface area contributed by atoms with Crippen LogP contribution >= 0.6 is 0 Å². The van der Waals surface area contributed by atoms with Crippen LogP contribution in [0.2, 0.25) is 0 Å². The number of rotatable bonds is 44. The van der Waals surface area contributed by atoms with Gasteiger partial charge < -0.3 is 14.2 Å². The third-order valence-corrected chi connectivity index (χ3v) is 10.7. The largest absolute Gasteiger partial charge is 0.462 e. The predicted molar refractivity (Wildman–Crippen MR) is 242 cm³/mol. The van der Waals surface area contributed by atoms with Crippen LogP contribution in [0.4, 0.5) is 0 Å². The van der Waals surface area contributed by atoms with Gasteiger partial charge in [0.1, 0.15) is 13.2 Å². The molecule has 0 saturated carbocycles. The maximum Gasteiger partial charge on any atom is 0.306 e. The van der Waals surface area contributed by atoms with E-state index in [1.165, 1.54) is 128 Å². The Balaban J connectivity index is 4.37. The number of ether oxygens (including phenoxy) is 3. The zero-order chi connectivity index (χ0) is 41.5. The quantitative estimate of drug-likeness (QED) is 0.0264. The molecule has 0 heterocycles. The highest BCUT2D eigenvalue weighted by Crippen LogP contribution is 2.16. The Labute approximate surface area is 353 Å². The monoisotopic (exact) mass is 801 g/mol. The fourth-order valence-electron chi connectivity index (χ4n) is 7.03. The molecule has 0 aromatic rings. The molecule has 0 N–H and O–H groups in total. The lowest BCUT2D eigenvalue weighted by Gasteiger charge is -2.18. The van der Waals surface area contributed by atoms with E-state index in [0.29, 0.717) is 19.3 Å². The van der Waals surface area contributed by atoms with Crippen molar-refractivity contribution in [2.24, 2.45) is 0 Å². The minimum absolute atomic E-state index is 0.0767. The summed E-state index contributed by atoms with van der Waals surface area (Å²) in [7, 11) is 0. The highest BCUT2D eigenvalue weighted by atomic mass is 16.6. The van der Waals surface area contributed by atoms with E-state index in [1.807, 2.05) is 0 Å². The fraction of sp³-hybridized carbons (Fsp3) is 0.824. The van der Waals surface area contributed by atoms with Crippen molar-refractivity contribution in [1.82, 2.24) is 0 Å². The summed E-state index contributed by atoms with van der Waals surface area (Å²) in [5.74, 6) is -0.889. The van der Waals surface area contributed by atoms with Gasteiger partial charge in [-0.1, -0.05) is 231 Å². The lowest BCUT2D eigenvalue weighted by molar-refractivity contribution is -0.167. The molecule has 0 aliphatic heterocycles. The molecule has 0 aliphatic rings. The zero-order valence-electron chi connectivity index (χ0n) is 37.9. The van der Waals surface area contributed by atoms with Crippen molar-refractivity contribution in [2.45, 2.75) is 258 Å². The molecule has 332 valence electrons. The van der Waals surface area contributed by atoms with E-state index in [-0.39, 0.29) is 31.1 Å². The maximum atomic E-state index is 12.7. The van der Waals surface area contributed by atoms with Crippen molar-refractivity contribution in [3.05, 3.63) is 36.5 Å². The smallest absolute Gasteiger partial charge is 0.306 e. The summed E-state index contributed by atoms with van der Waals surface area (Å²) >= 11 is 0. The number of hydrogen-bond acceptors (Lipinski definition) is 6. The second-order valence-electron chi connectivity index (χ2n) is 16.4. The summed E-state index contributed by atoms with van der Waals surface area (Å²) < 4.78 is 16.7. The van der Waals surface area contributed by atoms with E-state index in [0.717, 1.165) is 83.5 Å². The van der Waals surface area contributed by atoms with Crippen molar-refractivity contribution in [3.8, 4) is 0 Å². The molecule has 1 unspecified atom stereocenters. The normalized spacial score (nSPS) is 12.3. The molecule has 0 radical (unpaired) electrons. The summed E-state index contributed by atoms with van der Waals surface area (Å²) in [6.07, 6.45) is 52.6. The molecule has 0 aliphatic carbocycles. The van der Waals surface area contributed by atoms with Crippen LogP contribution in [0.15, 0.2) is 36.5 Å². The first-order chi connectivity index (χ1) is 28.0. The van der Waals surface area contributed by atoms with E-state index in [2.05, 4.69) is 57.2 Å². The molecule has 0 amide bonds. The van der Waals surface area contributed by atoms with Gasteiger partial charge in [0.25, 0.3) is 0 Å². The first-order valence-corrected chi connectivity index (χ1v) is 24.5. The van der Waals surface area contributed by atoms with E-state index in [9.17, 15) is 14.4 Å². The first kappa shape index (κ1) is 54.6. The lowest BCUT2D eigenvalue weighted by Crippen LogP contribution is -2.30. The molecule has 6 heteroatoms. The molecule has 1 atom stereocenters. The van der Waals surface area contributed by atoms with Crippen molar-refractivity contribution >= 4 is 17.9 Å². The number of allylic oxidation sites excluding steroid dienone is 6. The number of unbranched alkanes of at least 4 members (excludes halogenated alkanes) is 29. The van der Waals surface area contributed by atoms with Gasteiger partial charge in [-0.3, -0.25) is 14.4 Å². The number of esters is 3. The average Bonchev–Trinajstić information content (AvgIpc) is 3.21. The SMILES string of the molecule is CC\C=C/C=C\C=C/CCCCCCCC(=O)OC(COC(=O)CCCCCCCCCCCCCC)COC(=O)CCCCCCCCCCCCCCCC. The summed E-state index contributed by atoms with van der Waals surface area (Å²) in [5, 5.41) is 0. The summed E-state index contributed by atoms with van der Waals surface area (Å²) in [5.41, 5.74) is 0. The molecule has 6 nitrogen and oxygen atoms in total. The van der Waals surface area contributed by atoms with E-state index in [1.54, 1.807) is 0 Å². The fourth-order valence-corrected chi connectivity index (χ4v) is 7.03. The van der Waals surface area contributed by atoms with Crippen molar-refractivity contribution in [3.63, 3.8) is 0 Å². The van der Waals surface area contributed by atoms with E-state index < -0.39 is 6.10 Å². The first-order valence-electron chi connectivity index (χ1n) is 24.5. The van der Waals surface area contributed by atoms with Gasteiger partial charge in [0.15, 0.2) is 6.10 Å². The van der Waals surface area contributed by atoms with Crippen LogP contribution in [-0.2, 0) is 28.6 Å². The summed E-state index contributed by atoms with van der Waals surface area (Å²) in [6.45, 7) is 6.50. The van der Waals surface area contributed by atoms with Gasteiger partial charge in [0.2, 0.25) is 0 Å². The van der Waals surface area contributed by atoms with Gasteiger partial charge in [-0.15, -0.1) is 0 Å². The van der Waals surface area contributed by atoms with Gasteiger partial charge in [0, 0.05) is 19.3 Å². The molecular weight excluding hydrogens is 709 g/mol. The Morgan fingerprint density at radius 1 is 0.368 bits per heavy atom. The Bertz CT molecular complexity index is 969. The van der Waals surface area contributed by atoms with Crippen LogP contribution in [0.3, 0.4) is 0 Å². The Hall–Kier alpha value is -2.37. The molecule has 0 spiro atoms. The highest BCUT2D eigenvalue weighted by Gasteiger charge is 2.19. The molecule has 57 heavy (non-hydrogen) atoms. The second-order valence-corrected chi connectivity index (χ2v) is 16.4. The highest BCUT2D eigenvalue weighted by molar-refractivity contribution is 5.71. The molecule has 0 saturated heterocycles. The summed E-state index contributed by atoms with van der Waals surface area (Å²) in [6, 6.07) is 0. The van der Waals surface area contributed by atoms with Crippen LogP contribution < -0.4 is 0 Å². The van der Waals surface area contributed by atoms with Gasteiger partial charge in [0.05, 0.1) is 0 Å². The number of carbonyl (C=O) groups excluding carboxylic acids is 3. The maximum absolute atomic E-state index is 12.7. The van der Waals surface area contributed by atoms with Crippen molar-refractivity contribution in [2.75, 3.05) is 13.2 Å². The minimum Gasteiger partial charge on any atom is -0.462 e. The molecule has 0 aromatic heterocycles. The van der Waals surface area contributed by atoms with Crippen LogP contribution in [0.1, 0.15) is 252 Å². The molecule has 0 fully saturated rings. The predicted octanol–water partition coefficient (Wildman–Crippen LogP) is 15.8. The summed E-state index contributed by atoms with van der Waals surface area (Å²) in [4.78, 5) is 37.8. The van der Waals surface area contributed by atoms with Crippen molar-refractivity contribution in [1.29, 1.82) is 0 Å². The molecule has 0 rings (SSSR count). The standard InChI is InChI=1S/C51H92O6/c1-4-7-10-13-16-19-22-25-27-29-32-35-38-41-44-50(53)56-47-48(46-55-49(52)43-40-37-34-31-28-24-21-18-15-12-9-6-3)57-51(54)45-42-39-36-33-30-26-23-20-17-14-11-8-5-2/h8,11,14,17,20,23,48H,4-7,9-10,12-13,15-16,18-19,21-22,24-47H2,1-3H3/b11-8-,17-14-,23-20-. The van der Waals surface area contributed by atoms with Crippen LogP contribution in [0, 0.1) is 0 Å². The number of hydrogen-bond donors (Lipinski definition) is 0. The minimum atomic E-state index is -0.776. The van der Waals surface area contributed by atoms with Crippen molar-refractivity contribution < 1.29 is 28.6 Å². The van der Waals surface area contributed by atoms with Gasteiger partial charge in [-0.05, 0) is 38.5 Å². The Morgan fingerprint density at radius 2 is 0.684 bits per heavy atom. The Kier molecular flexibility index (Phi) is 44.4. The molecular formula is C51H92O6. The van der Waals surface area contributed by atoms with Gasteiger partial charge >= 0.3 is 17.9 Å².